The average Bonchev–Trinajstić information content (AvgIpc) is 2.68. The summed E-state index contributed by atoms with van der Waals surface area (Å²) in [6, 6.07) is 8.75. The Morgan fingerprint density at radius 3 is 2.54 bits per heavy atom. The highest BCUT2D eigenvalue weighted by Gasteiger charge is 2.27. The van der Waals surface area contributed by atoms with Crippen LogP contribution >= 0.6 is 0 Å². The van der Waals surface area contributed by atoms with Crippen molar-refractivity contribution in [2.45, 2.75) is 38.1 Å². The summed E-state index contributed by atoms with van der Waals surface area (Å²) in [4.78, 5) is 19.6. The third-order valence-corrected chi connectivity index (χ3v) is 5.64. The first-order valence-electron chi connectivity index (χ1n) is 9.99. The van der Waals surface area contributed by atoms with Crippen LogP contribution in [0.4, 0.5) is 5.69 Å². The molecule has 2 aliphatic rings. The van der Waals surface area contributed by atoms with Crippen LogP contribution in [-0.4, -0.2) is 75.2 Å². The molecular formula is C21H33N3O2. The summed E-state index contributed by atoms with van der Waals surface area (Å²) < 4.78 is 5.43. The maximum absolute atomic E-state index is 12.9. The van der Waals surface area contributed by atoms with E-state index >= 15 is 0 Å². The number of anilines is 1. The van der Waals surface area contributed by atoms with Crippen molar-refractivity contribution in [3.63, 3.8) is 0 Å². The lowest BCUT2D eigenvalue weighted by Gasteiger charge is -2.37. The van der Waals surface area contributed by atoms with Crippen molar-refractivity contribution in [3.05, 3.63) is 29.8 Å². The van der Waals surface area contributed by atoms with E-state index in [-0.39, 0.29) is 5.91 Å². The van der Waals surface area contributed by atoms with E-state index in [4.69, 9.17) is 4.74 Å². The number of carbonyl (C=O) groups excluding carboxylic acids is 1. The lowest BCUT2D eigenvalue weighted by atomic mass is 9.97. The molecule has 0 aromatic heterocycles. The van der Waals surface area contributed by atoms with Crippen LogP contribution < -0.4 is 4.90 Å². The summed E-state index contributed by atoms with van der Waals surface area (Å²) >= 11 is 0. The average molecular weight is 360 g/mol. The molecule has 2 aliphatic heterocycles. The zero-order valence-electron chi connectivity index (χ0n) is 16.3. The largest absolute Gasteiger partial charge is 0.379 e. The predicted octanol–water partition coefficient (Wildman–Crippen LogP) is 2.40. The predicted molar refractivity (Wildman–Crippen MR) is 106 cm³/mol. The first kappa shape index (κ1) is 19.2. The topological polar surface area (TPSA) is 36.0 Å². The molecule has 1 atom stereocenters. The molecule has 1 aromatic carbocycles. The van der Waals surface area contributed by atoms with Crippen LogP contribution in [0.2, 0.25) is 0 Å². The number of piperidine rings is 1. The van der Waals surface area contributed by atoms with Gasteiger partial charge in [0.05, 0.1) is 19.6 Å². The number of likely N-dealkylation sites (tertiary alicyclic amines) is 1. The van der Waals surface area contributed by atoms with E-state index in [2.05, 4.69) is 39.0 Å². The minimum Gasteiger partial charge on any atom is -0.379 e. The fourth-order valence-corrected chi connectivity index (χ4v) is 3.97. The summed E-state index contributed by atoms with van der Waals surface area (Å²) in [5.74, 6) is 0.286. The minimum absolute atomic E-state index is 0.286. The molecular weight excluding hydrogens is 326 g/mol. The molecule has 0 spiro atoms. The molecule has 1 aromatic rings. The Bertz CT molecular complexity index is 567. The monoisotopic (exact) mass is 359 g/mol. The number of hydrogen-bond acceptors (Lipinski definition) is 4. The van der Waals surface area contributed by atoms with E-state index in [0.29, 0.717) is 12.5 Å². The number of rotatable bonds is 6. The van der Waals surface area contributed by atoms with E-state index in [9.17, 15) is 4.79 Å². The van der Waals surface area contributed by atoms with Crippen molar-refractivity contribution in [3.8, 4) is 0 Å². The summed E-state index contributed by atoms with van der Waals surface area (Å²) in [5, 5.41) is 0. The summed E-state index contributed by atoms with van der Waals surface area (Å²) in [6.07, 6.45) is 5.14. The van der Waals surface area contributed by atoms with Crippen LogP contribution in [-0.2, 0) is 16.0 Å². The van der Waals surface area contributed by atoms with Gasteiger partial charge in [-0.25, -0.2) is 0 Å². The van der Waals surface area contributed by atoms with Gasteiger partial charge in [0.25, 0.3) is 0 Å². The number of hydrogen-bond donors (Lipinski definition) is 0. The number of morpholine rings is 1. The Hall–Kier alpha value is -1.59. The van der Waals surface area contributed by atoms with Gasteiger partial charge in [0.15, 0.2) is 0 Å². The lowest BCUT2D eigenvalue weighted by molar-refractivity contribution is -0.134. The normalized spacial score (nSPS) is 21.6. The molecule has 0 bridgehead atoms. The highest BCUT2D eigenvalue weighted by molar-refractivity contribution is 5.79. The van der Waals surface area contributed by atoms with Crippen molar-refractivity contribution in [2.75, 3.05) is 58.4 Å². The van der Waals surface area contributed by atoms with Crippen molar-refractivity contribution >= 4 is 11.6 Å². The SMILES string of the molecule is CN(C)c1ccc(CC(=O)N2CCCCC2CCN2CCOCC2)cc1. The second-order valence-corrected chi connectivity index (χ2v) is 7.72. The standard InChI is InChI=1S/C21H33N3O2/c1-22(2)19-8-6-18(7-9-19)17-21(25)24-11-4-3-5-20(24)10-12-23-13-15-26-16-14-23/h6-9,20H,3-5,10-17H2,1-2H3. The van der Waals surface area contributed by atoms with Gasteiger partial charge in [-0.05, 0) is 43.4 Å². The van der Waals surface area contributed by atoms with Gasteiger partial charge < -0.3 is 14.5 Å². The molecule has 5 nitrogen and oxygen atoms in total. The molecule has 1 amide bonds. The maximum Gasteiger partial charge on any atom is 0.227 e. The van der Waals surface area contributed by atoms with Gasteiger partial charge in [0.2, 0.25) is 5.91 Å². The molecule has 0 radical (unpaired) electrons. The van der Waals surface area contributed by atoms with Crippen molar-refractivity contribution in [1.29, 1.82) is 0 Å². The molecule has 5 heteroatoms. The summed E-state index contributed by atoms with van der Waals surface area (Å²) in [6.45, 7) is 5.74. The molecule has 2 heterocycles. The first-order chi connectivity index (χ1) is 12.6. The van der Waals surface area contributed by atoms with Gasteiger partial charge >= 0.3 is 0 Å². The van der Waals surface area contributed by atoms with Gasteiger partial charge in [-0.1, -0.05) is 12.1 Å². The number of carbonyl (C=O) groups is 1. The van der Waals surface area contributed by atoms with E-state index < -0.39 is 0 Å². The highest BCUT2D eigenvalue weighted by Crippen LogP contribution is 2.22. The number of benzene rings is 1. The molecule has 26 heavy (non-hydrogen) atoms. The molecule has 1 unspecified atom stereocenters. The first-order valence-corrected chi connectivity index (χ1v) is 9.99. The maximum atomic E-state index is 12.9. The molecule has 144 valence electrons. The summed E-state index contributed by atoms with van der Waals surface area (Å²) in [7, 11) is 4.07. The lowest BCUT2D eigenvalue weighted by Crippen LogP contribution is -2.46. The quantitative estimate of drug-likeness (QED) is 0.781. The number of amides is 1. The van der Waals surface area contributed by atoms with Gasteiger partial charge in [0.1, 0.15) is 0 Å². The van der Waals surface area contributed by atoms with Crippen LogP contribution in [0.15, 0.2) is 24.3 Å². The highest BCUT2D eigenvalue weighted by atomic mass is 16.5. The van der Waals surface area contributed by atoms with Crippen LogP contribution in [0.5, 0.6) is 0 Å². The number of ether oxygens (including phenoxy) is 1. The van der Waals surface area contributed by atoms with Crippen LogP contribution in [0, 0.1) is 0 Å². The Kier molecular flexibility index (Phi) is 6.92. The summed E-state index contributed by atoms with van der Waals surface area (Å²) in [5.41, 5.74) is 2.28. The van der Waals surface area contributed by atoms with Crippen molar-refractivity contribution < 1.29 is 9.53 Å². The van der Waals surface area contributed by atoms with Crippen molar-refractivity contribution in [1.82, 2.24) is 9.80 Å². The minimum atomic E-state index is 0.286. The van der Waals surface area contributed by atoms with E-state index in [1.807, 2.05) is 14.1 Å². The number of nitrogens with zero attached hydrogens (tertiary/aromatic N) is 3. The molecule has 0 aliphatic carbocycles. The van der Waals surface area contributed by atoms with Gasteiger partial charge in [-0.15, -0.1) is 0 Å². The zero-order chi connectivity index (χ0) is 18.4. The Balaban J connectivity index is 1.54. The fourth-order valence-electron chi connectivity index (χ4n) is 3.97. The van der Waals surface area contributed by atoms with Gasteiger partial charge in [-0.3, -0.25) is 9.69 Å². The molecule has 2 fully saturated rings. The third-order valence-electron chi connectivity index (χ3n) is 5.64. The van der Waals surface area contributed by atoms with Crippen LogP contribution in [0.25, 0.3) is 0 Å². The second kappa shape index (κ2) is 9.38. The Morgan fingerprint density at radius 2 is 1.85 bits per heavy atom. The van der Waals surface area contributed by atoms with Gasteiger partial charge in [-0.2, -0.15) is 0 Å². The molecule has 2 saturated heterocycles. The molecule has 0 saturated carbocycles. The van der Waals surface area contributed by atoms with Crippen LogP contribution in [0.3, 0.4) is 0 Å². The Labute approximate surface area is 157 Å². The van der Waals surface area contributed by atoms with E-state index in [1.165, 1.54) is 12.1 Å². The fraction of sp³-hybridized carbons (Fsp3) is 0.667. The molecule has 0 N–H and O–H groups in total. The van der Waals surface area contributed by atoms with Crippen molar-refractivity contribution in [2.24, 2.45) is 0 Å². The van der Waals surface area contributed by atoms with E-state index in [0.717, 1.165) is 64.2 Å². The smallest absolute Gasteiger partial charge is 0.227 e. The second-order valence-electron chi connectivity index (χ2n) is 7.72. The Morgan fingerprint density at radius 1 is 1.12 bits per heavy atom. The van der Waals surface area contributed by atoms with E-state index in [1.54, 1.807) is 0 Å². The zero-order valence-corrected chi connectivity index (χ0v) is 16.3. The molecule has 3 rings (SSSR count). The van der Waals surface area contributed by atoms with Gasteiger partial charge in [0, 0.05) is 52.0 Å². The van der Waals surface area contributed by atoms with Crippen LogP contribution in [0.1, 0.15) is 31.2 Å². The third kappa shape index (κ3) is 5.21.